The quantitative estimate of drug-likeness (QED) is 0.680. The van der Waals surface area contributed by atoms with Crippen LogP contribution in [0.5, 0.6) is 0 Å². The van der Waals surface area contributed by atoms with Crippen LogP contribution in [0.3, 0.4) is 0 Å². The van der Waals surface area contributed by atoms with Gasteiger partial charge in [-0.05, 0) is 19.4 Å². The fourth-order valence-electron chi connectivity index (χ4n) is 1.44. The maximum absolute atomic E-state index is 12.0. The Bertz CT molecular complexity index is 576. The van der Waals surface area contributed by atoms with E-state index in [1.807, 2.05) is 13.8 Å². The van der Waals surface area contributed by atoms with E-state index in [4.69, 9.17) is 0 Å². The fourth-order valence-corrected chi connectivity index (χ4v) is 3.12. The van der Waals surface area contributed by atoms with Gasteiger partial charge in [-0.1, -0.05) is 11.8 Å². The van der Waals surface area contributed by atoms with Gasteiger partial charge in [0, 0.05) is 10.6 Å². The van der Waals surface area contributed by atoms with Gasteiger partial charge in [0.05, 0.1) is 12.1 Å². The van der Waals surface area contributed by atoms with E-state index in [-0.39, 0.29) is 5.56 Å². The summed E-state index contributed by atoms with van der Waals surface area (Å²) in [6.45, 7) is 3.46. The number of H-pyrrole nitrogens is 1. The summed E-state index contributed by atoms with van der Waals surface area (Å²) < 4.78 is 12.0. The van der Waals surface area contributed by atoms with Crippen LogP contribution in [0.25, 0.3) is 10.2 Å². The van der Waals surface area contributed by atoms with Gasteiger partial charge in [0.25, 0.3) is 5.56 Å². The molecule has 0 amide bonds. The molecule has 0 saturated carbocycles. The summed E-state index contributed by atoms with van der Waals surface area (Å²) in [6.07, 6.45) is 0. The van der Waals surface area contributed by atoms with E-state index in [1.165, 1.54) is 23.1 Å². The van der Waals surface area contributed by atoms with Crippen LogP contribution in [0.15, 0.2) is 9.95 Å². The third-order valence-electron chi connectivity index (χ3n) is 2.33. The molecule has 2 aromatic rings. The van der Waals surface area contributed by atoms with Crippen molar-refractivity contribution in [2.45, 2.75) is 19.0 Å². The molecule has 2 rings (SSSR count). The zero-order valence-corrected chi connectivity index (χ0v) is 10.6. The Morgan fingerprint density at radius 2 is 2.25 bits per heavy atom. The zero-order chi connectivity index (χ0) is 11.7. The van der Waals surface area contributed by atoms with Crippen molar-refractivity contribution in [3.8, 4) is 0 Å². The molecule has 3 nitrogen and oxygen atoms in total. The number of thiophene rings is 1. The van der Waals surface area contributed by atoms with Crippen molar-refractivity contribution in [2.75, 3.05) is 12.4 Å². The van der Waals surface area contributed by atoms with Crippen LogP contribution in [-0.2, 0) is 0 Å². The Hall–Kier alpha value is -0.880. The lowest BCUT2D eigenvalue weighted by molar-refractivity contribution is 0.532. The average molecular weight is 258 g/mol. The van der Waals surface area contributed by atoms with Gasteiger partial charge < -0.3 is 4.98 Å². The van der Waals surface area contributed by atoms with Crippen LogP contribution in [-0.4, -0.2) is 22.4 Å². The molecule has 86 valence electrons. The van der Waals surface area contributed by atoms with Crippen molar-refractivity contribution in [3.63, 3.8) is 0 Å². The second-order valence-corrected chi connectivity index (χ2v) is 5.66. The molecule has 0 aliphatic carbocycles. The molecule has 6 heteroatoms. The molecule has 0 aliphatic rings. The van der Waals surface area contributed by atoms with E-state index >= 15 is 0 Å². The van der Waals surface area contributed by atoms with Gasteiger partial charge in [-0.3, -0.25) is 9.18 Å². The highest BCUT2D eigenvalue weighted by atomic mass is 32.2. The number of aromatic nitrogens is 2. The Labute approximate surface area is 100 Å². The number of nitrogens with one attached hydrogen (secondary N) is 1. The number of hydrogen-bond acceptors (Lipinski definition) is 4. The molecule has 2 aromatic heterocycles. The molecular weight excluding hydrogens is 247 g/mol. The van der Waals surface area contributed by atoms with Gasteiger partial charge >= 0.3 is 0 Å². The molecule has 0 saturated heterocycles. The van der Waals surface area contributed by atoms with Crippen molar-refractivity contribution in [3.05, 3.63) is 20.8 Å². The molecule has 0 aromatic carbocycles. The topological polar surface area (TPSA) is 45.8 Å². The molecule has 0 radical (unpaired) electrons. The number of hydrogen-bond donors (Lipinski definition) is 1. The summed E-state index contributed by atoms with van der Waals surface area (Å²) in [6, 6.07) is 0. The van der Waals surface area contributed by atoms with Crippen LogP contribution >= 0.6 is 23.1 Å². The number of alkyl halides is 1. The highest BCUT2D eigenvalue weighted by molar-refractivity contribution is 7.99. The first kappa shape index (κ1) is 11.6. The minimum absolute atomic E-state index is 0.131. The van der Waals surface area contributed by atoms with Crippen molar-refractivity contribution >= 4 is 33.3 Å². The Morgan fingerprint density at radius 3 is 2.94 bits per heavy atom. The summed E-state index contributed by atoms with van der Waals surface area (Å²) in [5.74, 6) is 0.317. The van der Waals surface area contributed by atoms with E-state index in [1.54, 1.807) is 0 Å². The molecule has 0 atom stereocenters. The van der Waals surface area contributed by atoms with E-state index in [0.29, 0.717) is 16.3 Å². The third kappa shape index (κ3) is 1.99. The zero-order valence-electron chi connectivity index (χ0n) is 8.96. The molecule has 2 heterocycles. The predicted octanol–water partition coefficient (Wildman–Crippen LogP) is 2.66. The largest absolute Gasteiger partial charge is 0.301 e. The van der Waals surface area contributed by atoms with Gasteiger partial charge in [0.15, 0.2) is 5.16 Å². The molecule has 0 unspecified atom stereocenters. The number of rotatable bonds is 3. The highest BCUT2D eigenvalue weighted by Gasteiger charge is 2.11. The number of thioether (sulfide) groups is 1. The van der Waals surface area contributed by atoms with E-state index in [9.17, 15) is 9.18 Å². The van der Waals surface area contributed by atoms with Gasteiger partial charge in [0.1, 0.15) is 4.83 Å². The molecule has 1 N–H and O–H groups in total. The molecular formula is C10H11FN2OS2. The number of halogens is 1. The molecule has 0 aliphatic heterocycles. The van der Waals surface area contributed by atoms with E-state index in [2.05, 4.69) is 9.97 Å². The summed E-state index contributed by atoms with van der Waals surface area (Å²) in [5.41, 5.74) is 0.851. The second-order valence-electron chi connectivity index (χ2n) is 3.37. The Balaban J connectivity index is 2.55. The van der Waals surface area contributed by atoms with Crippen LogP contribution in [0.1, 0.15) is 10.4 Å². The summed E-state index contributed by atoms with van der Waals surface area (Å²) in [4.78, 5) is 20.6. The van der Waals surface area contributed by atoms with Crippen LogP contribution in [0, 0.1) is 13.8 Å². The minimum atomic E-state index is -0.422. The standard InChI is InChI=1S/C10H11FN2OS2/c1-5-6(2)16-9-7(5)8(14)12-10(13-9)15-4-3-11/h3-4H2,1-2H3,(H,12,13,14). The first-order valence-corrected chi connectivity index (χ1v) is 6.62. The van der Waals surface area contributed by atoms with Crippen molar-refractivity contribution < 1.29 is 4.39 Å². The lowest BCUT2D eigenvalue weighted by Crippen LogP contribution is -2.08. The Kier molecular flexibility index (Phi) is 3.30. The van der Waals surface area contributed by atoms with Crippen molar-refractivity contribution in [2.24, 2.45) is 0 Å². The normalized spacial score (nSPS) is 11.2. The van der Waals surface area contributed by atoms with E-state index in [0.717, 1.165) is 15.3 Å². The number of aryl methyl sites for hydroxylation is 2. The van der Waals surface area contributed by atoms with Gasteiger partial charge in [-0.15, -0.1) is 11.3 Å². The maximum Gasteiger partial charge on any atom is 0.260 e. The van der Waals surface area contributed by atoms with Crippen LogP contribution < -0.4 is 5.56 Å². The smallest absolute Gasteiger partial charge is 0.260 e. The number of aromatic amines is 1. The SMILES string of the molecule is Cc1sc2nc(SCCF)[nH]c(=O)c2c1C. The molecule has 0 fully saturated rings. The van der Waals surface area contributed by atoms with Gasteiger partial charge in [0.2, 0.25) is 0 Å². The summed E-state index contributed by atoms with van der Waals surface area (Å²) in [7, 11) is 0. The molecule has 16 heavy (non-hydrogen) atoms. The number of nitrogens with zero attached hydrogens (tertiary/aromatic N) is 1. The predicted molar refractivity (Wildman–Crippen MR) is 66.4 cm³/mol. The van der Waals surface area contributed by atoms with Crippen molar-refractivity contribution in [1.82, 2.24) is 9.97 Å². The summed E-state index contributed by atoms with van der Waals surface area (Å²) >= 11 is 2.73. The third-order valence-corrected chi connectivity index (χ3v) is 4.26. The highest BCUT2D eigenvalue weighted by Crippen LogP contribution is 2.27. The first-order chi connectivity index (χ1) is 7.63. The van der Waals surface area contributed by atoms with Gasteiger partial charge in [-0.25, -0.2) is 4.98 Å². The first-order valence-electron chi connectivity index (χ1n) is 4.82. The monoisotopic (exact) mass is 258 g/mol. The molecule has 0 bridgehead atoms. The van der Waals surface area contributed by atoms with Crippen molar-refractivity contribution in [1.29, 1.82) is 0 Å². The average Bonchev–Trinajstić information content (AvgIpc) is 2.52. The lowest BCUT2D eigenvalue weighted by Gasteiger charge is -1.98. The van der Waals surface area contributed by atoms with Crippen LogP contribution in [0.2, 0.25) is 0 Å². The summed E-state index contributed by atoms with van der Waals surface area (Å²) in [5, 5.41) is 1.16. The molecule has 0 spiro atoms. The van der Waals surface area contributed by atoms with Gasteiger partial charge in [-0.2, -0.15) is 0 Å². The van der Waals surface area contributed by atoms with Crippen LogP contribution in [0.4, 0.5) is 4.39 Å². The fraction of sp³-hybridized carbons (Fsp3) is 0.400. The lowest BCUT2D eigenvalue weighted by atomic mass is 10.2. The Morgan fingerprint density at radius 1 is 1.50 bits per heavy atom. The number of fused-ring (bicyclic) bond motifs is 1. The second kappa shape index (κ2) is 4.55. The minimum Gasteiger partial charge on any atom is -0.301 e. The maximum atomic E-state index is 12.0. The van der Waals surface area contributed by atoms with E-state index < -0.39 is 6.67 Å².